The SMILES string of the molecule is Cc1cc(C(=O)COCCOCC(C)C)c(C)s1. The van der Waals surface area contributed by atoms with Gasteiger partial charge in [-0.05, 0) is 25.8 Å². The van der Waals surface area contributed by atoms with Crippen molar-refractivity contribution in [1.29, 1.82) is 0 Å². The Bertz CT molecular complexity index is 382. The maximum atomic E-state index is 11.9. The van der Waals surface area contributed by atoms with Crippen LogP contribution in [0, 0.1) is 19.8 Å². The van der Waals surface area contributed by atoms with Gasteiger partial charge in [-0.3, -0.25) is 4.79 Å². The van der Waals surface area contributed by atoms with E-state index in [1.54, 1.807) is 11.3 Å². The van der Waals surface area contributed by atoms with Crippen molar-refractivity contribution in [2.24, 2.45) is 5.92 Å². The molecular formula is C14H22O3S. The molecular weight excluding hydrogens is 248 g/mol. The lowest BCUT2D eigenvalue weighted by Crippen LogP contribution is -2.14. The summed E-state index contributed by atoms with van der Waals surface area (Å²) in [5.41, 5.74) is 0.792. The molecule has 0 bridgehead atoms. The van der Waals surface area contributed by atoms with Gasteiger partial charge in [0.05, 0.1) is 13.2 Å². The maximum Gasteiger partial charge on any atom is 0.189 e. The van der Waals surface area contributed by atoms with Crippen molar-refractivity contribution in [1.82, 2.24) is 0 Å². The Labute approximate surface area is 113 Å². The van der Waals surface area contributed by atoms with Gasteiger partial charge in [0, 0.05) is 21.9 Å². The molecule has 1 rings (SSSR count). The third-order valence-electron chi connectivity index (χ3n) is 2.40. The van der Waals surface area contributed by atoms with Gasteiger partial charge in [-0.15, -0.1) is 11.3 Å². The molecule has 1 aromatic heterocycles. The highest BCUT2D eigenvalue weighted by Crippen LogP contribution is 2.20. The summed E-state index contributed by atoms with van der Waals surface area (Å²) >= 11 is 1.65. The van der Waals surface area contributed by atoms with E-state index < -0.39 is 0 Å². The van der Waals surface area contributed by atoms with E-state index in [0.717, 1.165) is 21.9 Å². The second-order valence-electron chi connectivity index (χ2n) is 4.77. The molecule has 0 amide bonds. The van der Waals surface area contributed by atoms with Crippen LogP contribution in [0.1, 0.15) is 34.0 Å². The fourth-order valence-corrected chi connectivity index (χ4v) is 2.53. The summed E-state index contributed by atoms with van der Waals surface area (Å²) in [4.78, 5) is 14.1. The van der Waals surface area contributed by atoms with Crippen LogP contribution in [0.5, 0.6) is 0 Å². The fraction of sp³-hybridized carbons (Fsp3) is 0.643. The number of ketones is 1. The molecule has 0 aliphatic carbocycles. The molecule has 102 valence electrons. The number of hydrogen-bond acceptors (Lipinski definition) is 4. The Hall–Kier alpha value is -0.710. The molecule has 0 spiro atoms. The van der Waals surface area contributed by atoms with Gasteiger partial charge in [0.25, 0.3) is 0 Å². The largest absolute Gasteiger partial charge is 0.379 e. The van der Waals surface area contributed by atoms with Crippen LogP contribution in [0.4, 0.5) is 0 Å². The molecule has 4 heteroatoms. The lowest BCUT2D eigenvalue weighted by molar-refractivity contribution is 0.0364. The maximum absolute atomic E-state index is 11.9. The fourth-order valence-electron chi connectivity index (χ4n) is 1.59. The van der Waals surface area contributed by atoms with E-state index in [1.807, 2.05) is 19.9 Å². The number of carbonyl (C=O) groups excluding carboxylic acids is 1. The summed E-state index contributed by atoms with van der Waals surface area (Å²) < 4.78 is 10.7. The van der Waals surface area contributed by atoms with Crippen molar-refractivity contribution < 1.29 is 14.3 Å². The first-order valence-electron chi connectivity index (χ1n) is 6.26. The summed E-state index contributed by atoms with van der Waals surface area (Å²) in [5.74, 6) is 0.587. The average Bonchev–Trinajstić information content (AvgIpc) is 2.62. The van der Waals surface area contributed by atoms with Gasteiger partial charge < -0.3 is 9.47 Å². The van der Waals surface area contributed by atoms with Crippen LogP contribution in [0.25, 0.3) is 0 Å². The first-order chi connectivity index (χ1) is 8.50. The van der Waals surface area contributed by atoms with Crippen LogP contribution in [-0.4, -0.2) is 32.2 Å². The first kappa shape index (κ1) is 15.3. The van der Waals surface area contributed by atoms with Crippen LogP contribution in [0.15, 0.2) is 6.07 Å². The molecule has 1 aromatic rings. The Morgan fingerprint density at radius 3 is 2.50 bits per heavy atom. The van der Waals surface area contributed by atoms with Crippen molar-refractivity contribution in [3.05, 3.63) is 21.4 Å². The Morgan fingerprint density at radius 1 is 1.28 bits per heavy atom. The Balaban J connectivity index is 2.20. The van der Waals surface area contributed by atoms with E-state index in [2.05, 4.69) is 13.8 Å². The summed E-state index contributed by atoms with van der Waals surface area (Å²) in [6, 6.07) is 1.93. The number of Topliss-reactive ketones (excluding diaryl/α,β-unsaturated/α-hetero) is 1. The van der Waals surface area contributed by atoms with Gasteiger partial charge in [0.15, 0.2) is 5.78 Å². The lowest BCUT2D eigenvalue weighted by Gasteiger charge is -2.07. The standard InChI is InChI=1S/C14H22O3S/c1-10(2)8-16-5-6-17-9-14(15)13-7-11(3)18-12(13)4/h7,10H,5-6,8-9H2,1-4H3. The van der Waals surface area contributed by atoms with Crippen LogP contribution in [-0.2, 0) is 9.47 Å². The molecule has 0 aliphatic heterocycles. The van der Waals surface area contributed by atoms with Crippen LogP contribution in [0.2, 0.25) is 0 Å². The molecule has 1 heterocycles. The first-order valence-corrected chi connectivity index (χ1v) is 7.08. The summed E-state index contributed by atoms with van der Waals surface area (Å²) in [6.07, 6.45) is 0. The van der Waals surface area contributed by atoms with Crippen LogP contribution < -0.4 is 0 Å². The number of ether oxygens (including phenoxy) is 2. The number of hydrogen-bond donors (Lipinski definition) is 0. The van der Waals surface area contributed by atoms with Crippen molar-refractivity contribution in [2.75, 3.05) is 26.4 Å². The topological polar surface area (TPSA) is 35.5 Å². The Kier molecular flexibility index (Phi) is 6.54. The minimum absolute atomic E-state index is 0.0562. The second-order valence-corrected chi connectivity index (χ2v) is 6.23. The van der Waals surface area contributed by atoms with E-state index in [4.69, 9.17) is 9.47 Å². The highest BCUT2D eigenvalue weighted by atomic mass is 32.1. The van der Waals surface area contributed by atoms with E-state index in [-0.39, 0.29) is 12.4 Å². The molecule has 3 nitrogen and oxygen atoms in total. The van der Waals surface area contributed by atoms with E-state index in [1.165, 1.54) is 0 Å². The summed E-state index contributed by atoms with van der Waals surface area (Å²) in [5, 5.41) is 0. The minimum Gasteiger partial charge on any atom is -0.379 e. The normalized spacial score (nSPS) is 11.2. The monoisotopic (exact) mass is 270 g/mol. The smallest absolute Gasteiger partial charge is 0.189 e. The van der Waals surface area contributed by atoms with E-state index >= 15 is 0 Å². The van der Waals surface area contributed by atoms with Crippen molar-refractivity contribution in [2.45, 2.75) is 27.7 Å². The predicted molar refractivity (Wildman–Crippen MR) is 74.6 cm³/mol. The number of carbonyl (C=O) groups is 1. The van der Waals surface area contributed by atoms with Gasteiger partial charge in [-0.25, -0.2) is 0 Å². The molecule has 0 saturated heterocycles. The van der Waals surface area contributed by atoms with Crippen LogP contribution >= 0.6 is 11.3 Å². The van der Waals surface area contributed by atoms with Crippen LogP contribution in [0.3, 0.4) is 0 Å². The highest BCUT2D eigenvalue weighted by molar-refractivity contribution is 7.12. The highest BCUT2D eigenvalue weighted by Gasteiger charge is 2.11. The molecule has 0 aliphatic rings. The molecule has 0 unspecified atom stereocenters. The Morgan fingerprint density at radius 2 is 1.94 bits per heavy atom. The molecule has 0 radical (unpaired) electrons. The molecule has 0 saturated carbocycles. The van der Waals surface area contributed by atoms with Gasteiger partial charge in [-0.1, -0.05) is 13.8 Å². The van der Waals surface area contributed by atoms with Crippen molar-refractivity contribution in [3.8, 4) is 0 Å². The van der Waals surface area contributed by atoms with Gasteiger partial charge in [-0.2, -0.15) is 0 Å². The molecule has 0 aromatic carbocycles. The van der Waals surface area contributed by atoms with Gasteiger partial charge in [0.1, 0.15) is 6.61 Å². The number of aryl methyl sites for hydroxylation is 2. The third kappa shape index (κ3) is 5.29. The molecule has 18 heavy (non-hydrogen) atoms. The zero-order valence-corrected chi connectivity index (χ0v) is 12.4. The second kappa shape index (κ2) is 7.67. The van der Waals surface area contributed by atoms with E-state index in [9.17, 15) is 4.79 Å². The minimum atomic E-state index is 0.0562. The average molecular weight is 270 g/mol. The van der Waals surface area contributed by atoms with Gasteiger partial charge >= 0.3 is 0 Å². The zero-order valence-electron chi connectivity index (χ0n) is 11.6. The predicted octanol–water partition coefficient (Wildman–Crippen LogP) is 3.24. The molecule has 0 fully saturated rings. The van der Waals surface area contributed by atoms with Gasteiger partial charge in [0.2, 0.25) is 0 Å². The van der Waals surface area contributed by atoms with Crippen molar-refractivity contribution in [3.63, 3.8) is 0 Å². The molecule has 0 atom stereocenters. The summed E-state index contributed by atoms with van der Waals surface area (Å²) in [6.45, 7) is 10.1. The molecule has 0 N–H and O–H groups in total. The number of thiophene rings is 1. The third-order valence-corrected chi connectivity index (χ3v) is 3.36. The number of rotatable bonds is 8. The van der Waals surface area contributed by atoms with E-state index in [0.29, 0.717) is 19.1 Å². The zero-order chi connectivity index (χ0) is 13.5. The summed E-state index contributed by atoms with van der Waals surface area (Å²) in [7, 11) is 0. The lowest BCUT2D eigenvalue weighted by atomic mass is 10.2. The van der Waals surface area contributed by atoms with Crippen molar-refractivity contribution >= 4 is 17.1 Å². The quantitative estimate of drug-likeness (QED) is 0.537.